The molecular weight excluding hydrogens is 268 g/mol. The molecule has 0 aromatic rings. The van der Waals surface area contributed by atoms with Gasteiger partial charge in [-0.05, 0) is 40.8 Å². The molecule has 1 aliphatic heterocycles. The van der Waals surface area contributed by atoms with Crippen LogP contribution in [0, 0.1) is 0 Å². The summed E-state index contributed by atoms with van der Waals surface area (Å²) in [6.45, 7) is 3.58. The van der Waals surface area contributed by atoms with Crippen LogP contribution < -0.4 is 5.32 Å². The summed E-state index contributed by atoms with van der Waals surface area (Å²) in [5.41, 5.74) is -0.995. The van der Waals surface area contributed by atoms with E-state index in [1.165, 1.54) is 0 Å². The molecular formula is C12H24N2O4S. The second-order valence-electron chi connectivity index (χ2n) is 5.66. The Bertz CT molecular complexity index is 437. The Morgan fingerprint density at radius 2 is 2.16 bits per heavy atom. The van der Waals surface area contributed by atoms with Crippen molar-refractivity contribution >= 4 is 15.8 Å². The number of carboxylic acids is 1. The lowest BCUT2D eigenvalue weighted by Crippen LogP contribution is -2.53. The van der Waals surface area contributed by atoms with Gasteiger partial charge in [0.25, 0.3) is 0 Å². The summed E-state index contributed by atoms with van der Waals surface area (Å²) in [5, 5.41) is 12.1. The van der Waals surface area contributed by atoms with Gasteiger partial charge in [0.1, 0.15) is 5.54 Å². The van der Waals surface area contributed by atoms with Gasteiger partial charge in [0.15, 0.2) is 9.84 Å². The Morgan fingerprint density at radius 1 is 1.58 bits per heavy atom. The van der Waals surface area contributed by atoms with Crippen LogP contribution in [0.1, 0.15) is 26.7 Å². The molecule has 0 aromatic carbocycles. The van der Waals surface area contributed by atoms with Gasteiger partial charge in [0.2, 0.25) is 0 Å². The van der Waals surface area contributed by atoms with Crippen LogP contribution >= 0.6 is 0 Å². The van der Waals surface area contributed by atoms with E-state index in [2.05, 4.69) is 5.32 Å². The van der Waals surface area contributed by atoms with E-state index in [0.29, 0.717) is 12.8 Å². The average molecular weight is 292 g/mol. The molecule has 0 saturated carbocycles. The number of rotatable bonds is 6. The number of hydrogen-bond acceptors (Lipinski definition) is 5. The fraction of sp³-hybridized carbons (Fsp3) is 0.917. The fourth-order valence-corrected chi connectivity index (χ4v) is 4.27. The van der Waals surface area contributed by atoms with Gasteiger partial charge in [-0.15, -0.1) is 0 Å². The molecule has 0 amide bonds. The topological polar surface area (TPSA) is 86.7 Å². The van der Waals surface area contributed by atoms with Crippen molar-refractivity contribution in [2.45, 2.75) is 44.3 Å². The third-order valence-electron chi connectivity index (χ3n) is 4.21. The summed E-state index contributed by atoms with van der Waals surface area (Å²) in [4.78, 5) is 13.2. The quantitative estimate of drug-likeness (QED) is 0.713. The molecule has 0 radical (unpaired) electrons. The van der Waals surface area contributed by atoms with E-state index >= 15 is 0 Å². The Labute approximate surface area is 115 Å². The van der Waals surface area contributed by atoms with Gasteiger partial charge in [-0.1, -0.05) is 0 Å². The fourth-order valence-electron chi connectivity index (χ4n) is 2.49. The van der Waals surface area contributed by atoms with Crippen molar-refractivity contribution in [2.24, 2.45) is 0 Å². The number of carboxylic acid groups (broad SMARTS) is 1. The van der Waals surface area contributed by atoms with Gasteiger partial charge in [-0.2, -0.15) is 0 Å². The van der Waals surface area contributed by atoms with E-state index in [1.807, 2.05) is 18.9 Å². The van der Waals surface area contributed by atoms with Crippen LogP contribution in [-0.2, 0) is 14.6 Å². The SMILES string of the molecule is CNC(C)(CC(C)N(C)C1CCS(=O)(=O)C1)C(=O)O. The summed E-state index contributed by atoms with van der Waals surface area (Å²) in [5.74, 6) is -0.483. The Kier molecular flexibility index (Phi) is 4.97. The number of nitrogens with one attached hydrogen (secondary N) is 1. The van der Waals surface area contributed by atoms with Crippen LogP contribution in [0.2, 0.25) is 0 Å². The highest BCUT2D eigenvalue weighted by Gasteiger charge is 2.37. The molecule has 6 nitrogen and oxygen atoms in total. The van der Waals surface area contributed by atoms with Crippen molar-refractivity contribution < 1.29 is 18.3 Å². The maximum atomic E-state index is 11.5. The molecule has 1 heterocycles. The van der Waals surface area contributed by atoms with E-state index in [9.17, 15) is 18.3 Å². The van der Waals surface area contributed by atoms with E-state index in [4.69, 9.17) is 0 Å². The molecule has 0 aliphatic carbocycles. The zero-order valence-corrected chi connectivity index (χ0v) is 12.8. The smallest absolute Gasteiger partial charge is 0.323 e. The first-order chi connectivity index (χ1) is 8.61. The molecule has 1 fully saturated rings. The number of sulfone groups is 1. The molecule has 112 valence electrons. The van der Waals surface area contributed by atoms with Crippen LogP contribution in [0.3, 0.4) is 0 Å². The molecule has 0 spiro atoms. The summed E-state index contributed by atoms with van der Waals surface area (Å²) in [7, 11) is 0.582. The molecule has 19 heavy (non-hydrogen) atoms. The number of carbonyl (C=O) groups is 1. The molecule has 3 atom stereocenters. The predicted molar refractivity (Wildman–Crippen MR) is 74.0 cm³/mol. The summed E-state index contributed by atoms with van der Waals surface area (Å²) in [6.07, 6.45) is 1.05. The highest BCUT2D eigenvalue weighted by Crippen LogP contribution is 2.22. The second kappa shape index (κ2) is 5.76. The van der Waals surface area contributed by atoms with Gasteiger partial charge in [0, 0.05) is 12.1 Å². The monoisotopic (exact) mass is 292 g/mol. The van der Waals surface area contributed by atoms with Crippen LogP contribution in [0.25, 0.3) is 0 Å². The van der Waals surface area contributed by atoms with Crippen LogP contribution in [-0.4, -0.2) is 67.6 Å². The molecule has 1 saturated heterocycles. The minimum Gasteiger partial charge on any atom is -0.480 e. The van der Waals surface area contributed by atoms with Gasteiger partial charge >= 0.3 is 5.97 Å². The number of nitrogens with zero attached hydrogens (tertiary/aromatic N) is 1. The zero-order chi connectivity index (χ0) is 14.8. The van der Waals surface area contributed by atoms with Crippen molar-refractivity contribution in [1.29, 1.82) is 0 Å². The van der Waals surface area contributed by atoms with E-state index < -0.39 is 21.3 Å². The molecule has 3 unspecified atom stereocenters. The lowest BCUT2D eigenvalue weighted by Gasteiger charge is -2.35. The third kappa shape index (κ3) is 3.90. The molecule has 7 heteroatoms. The van der Waals surface area contributed by atoms with Crippen molar-refractivity contribution in [3.05, 3.63) is 0 Å². The predicted octanol–water partition coefficient (Wildman–Crippen LogP) is -0.0534. The lowest BCUT2D eigenvalue weighted by atomic mass is 9.92. The third-order valence-corrected chi connectivity index (χ3v) is 5.96. The van der Waals surface area contributed by atoms with E-state index in [0.717, 1.165) is 0 Å². The van der Waals surface area contributed by atoms with E-state index in [-0.39, 0.29) is 23.6 Å². The van der Waals surface area contributed by atoms with E-state index in [1.54, 1.807) is 14.0 Å². The molecule has 1 rings (SSSR count). The van der Waals surface area contributed by atoms with Crippen molar-refractivity contribution in [3.8, 4) is 0 Å². The van der Waals surface area contributed by atoms with Gasteiger partial charge < -0.3 is 10.4 Å². The lowest BCUT2D eigenvalue weighted by molar-refractivity contribution is -0.144. The number of aliphatic carboxylic acids is 1. The molecule has 0 aromatic heterocycles. The maximum Gasteiger partial charge on any atom is 0.323 e. The Morgan fingerprint density at radius 3 is 2.53 bits per heavy atom. The van der Waals surface area contributed by atoms with Crippen LogP contribution in [0.4, 0.5) is 0 Å². The van der Waals surface area contributed by atoms with Crippen LogP contribution in [0.15, 0.2) is 0 Å². The highest BCUT2D eigenvalue weighted by atomic mass is 32.2. The largest absolute Gasteiger partial charge is 0.480 e. The first-order valence-electron chi connectivity index (χ1n) is 6.46. The van der Waals surface area contributed by atoms with Crippen molar-refractivity contribution in [1.82, 2.24) is 10.2 Å². The highest BCUT2D eigenvalue weighted by molar-refractivity contribution is 7.91. The minimum absolute atomic E-state index is 0.00472. The Balaban J connectivity index is 2.68. The first-order valence-corrected chi connectivity index (χ1v) is 8.28. The second-order valence-corrected chi connectivity index (χ2v) is 7.89. The van der Waals surface area contributed by atoms with Gasteiger partial charge in [0.05, 0.1) is 11.5 Å². The number of likely N-dealkylation sites (N-methyl/N-ethyl adjacent to an activating group) is 1. The molecule has 0 bridgehead atoms. The van der Waals surface area contributed by atoms with Crippen LogP contribution in [0.5, 0.6) is 0 Å². The minimum atomic E-state index is -2.91. The Hall–Kier alpha value is -0.660. The average Bonchev–Trinajstić information content (AvgIpc) is 2.68. The number of hydrogen-bond donors (Lipinski definition) is 2. The van der Waals surface area contributed by atoms with Gasteiger partial charge in [-0.3, -0.25) is 9.69 Å². The summed E-state index contributed by atoms with van der Waals surface area (Å²) in [6, 6.07) is -0.0123. The van der Waals surface area contributed by atoms with Crippen molar-refractivity contribution in [2.75, 3.05) is 25.6 Å². The normalized spacial score (nSPS) is 27.1. The van der Waals surface area contributed by atoms with Gasteiger partial charge in [-0.25, -0.2) is 8.42 Å². The zero-order valence-electron chi connectivity index (χ0n) is 12.0. The van der Waals surface area contributed by atoms with Crippen molar-refractivity contribution in [3.63, 3.8) is 0 Å². The summed E-state index contributed by atoms with van der Waals surface area (Å²) >= 11 is 0. The summed E-state index contributed by atoms with van der Waals surface area (Å²) < 4.78 is 23.0. The molecule has 2 N–H and O–H groups in total. The first kappa shape index (κ1) is 16.4. The standard InChI is InChI=1S/C12H24N2O4S/c1-9(7-12(2,13-3)11(15)16)14(4)10-5-6-19(17,18)8-10/h9-10,13H,5-8H2,1-4H3,(H,15,16). The maximum absolute atomic E-state index is 11.5. The molecule has 1 aliphatic rings.